The van der Waals surface area contributed by atoms with Crippen LogP contribution in [-0.4, -0.2) is 19.6 Å². The van der Waals surface area contributed by atoms with Crippen molar-refractivity contribution < 1.29 is 22.7 Å². The predicted octanol–water partition coefficient (Wildman–Crippen LogP) is 3.97. The first-order valence-corrected chi connectivity index (χ1v) is 6.15. The molecular formula is C13H15ClF3NO2. The van der Waals surface area contributed by atoms with Crippen molar-refractivity contribution in [2.24, 2.45) is 5.41 Å². The lowest BCUT2D eigenvalue weighted by molar-refractivity contribution is -0.149. The quantitative estimate of drug-likeness (QED) is 0.855. The lowest BCUT2D eigenvalue weighted by Crippen LogP contribution is -2.33. The van der Waals surface area contributed by atoms with Gasteiger partial charge in [0.05, 0.1) is 18.1 Å². The molecule has 1 rings (SSSR count). The molecule has 7 heteroatoms. The van der Waals surface area contributed by atoms with Gasteiger partial charge in [0.15, 0.2) is 0 Å². The van der Waals surface area contributed by atoms with Crippen LogP contribution in [0.1, 0.15) is 19.4 Å². The molecule has 1 aromatic carbocycles. The summed E-state index contributed by atoms with van der Waals surface area (Å²) in [7, 11) is 1.23. The van der Waals surface area contributed by atoms with Crippen molar-refractivity contribution in [1.29, 1.82) is 0 Å². The Hall–Kier alpha value is -1.43. The van der Waals surface area contributed by atoms with Gasteiger partial charge in [0, 0.05) is 17.3 Å². The molecule has 112 valence electrons. The van der Waals surface area contributed by atoms with Gasteiger partial charge in [0.1, 0.15) is 0 Å². The topological polar surface area (TPSA) is 38.3 Å². The average molecular weight is 310 g/mol. The Kier molecular flexibility index (Phi) is 4.91. The monoisotopic (exact) mass is 309 g/mol. The number of hydrogen-bond donors (Lipinski definition) is 1. The second kappa shape index (κ2) is 5.91. The van der Waals surface area contributed by atoms with Gasteiger partial charge in [-0.05, 0) is 32.0 Å². The molecule has 0 fully saturated rings. The fourth-order valence-corrected chi connectivity index (χ4v) is 1.74. The summed E-state index contributed by atoms with van der Waals surface area (Å²) in [6.45, 7) is 3.16. The lowest BCUT2D eigenvalue weighted by atomic mass is 9.93. The Balaban J connectivity index is 2.97. The first kappa shape index (κ1) is 16.6. The molecule has 0 unspecified atom stereocenters. The molecule has 0 aliphatic heterocycles. The molecule has 0 atom stereocenters. The molecule has 3 nitrogen and oxygen atoms in total. The molecule has 0 heterocycles. The normalized spacial score (nSPS) is 12.2. The van der Waals surface area contributed by atoms with E-state index in [9.17, 15) is 18.0 Å². The molecule has 0 spiro atoms. The van der Waals surface area contributed by atoms with Crippen LogP contribution in [0.2, 0.25) is 5.02 Å². The zero-order valence-corrected chi connectivity index (χ0v) is 12.0. The van der Waals surface area contributed by atoms with Gasteiger partial charge in [-0.1, -0.05) is 11.6 Å². The minimum Gasteiger partial charge on any atom is -0.469 e. The molecule has 0 aliphatic rings. The zero-order valence-electron chi connectivity index (χ0n) is 11.3. The van der Waals surface area contributed by atoms with E-state index in [1.807, 2.05) is 0 Å². The maximum atomic E-state index is 12.9. The van der Waals surface area contributed by atoms with Crippen molar-refractivity contribution >= 4 is 23.3 Å². The third-order valence-electron chi connectivity index (χ3n) is 2.75. The van der Waals surface area contributed by atoms with Gasteiger partial charge in [0.25, 0.3) is 0 Å². The SMILES string of the molecule is COC(=O)C(C)(C)CNc1ccc(Cl)cc1C(F)(F)F. The molecule has 1 N–H and O–H groups in total. The van der Waals surface area contributed by atoms with Crippen LogP contribution in [0.15, 0.2) is 18.2 Å². The van der Waals surface area contributed by atoms with E-state index in [0.717, 1.165) is 6.07 Å². The number of anilines is 1. The van der Waals surface area contributed by atoms with Crippen LogP contribution in [0.3, 0.4) is 0 Å². The number of rotatable bonds is 4. The van der Waals surface area contributed by atoms with Gasteiger partial charge >= 0.3 is 12.1 Å². The summed E-state index contributed by atoms with van der Waals surface area (Å²) in [6, 6.07) is 3.43. The Morgan fingerprint density at radius 1 is 1.35 bits per heavy atom. The van der Waals surface area contributed by atoms with Crippen LogP contribution >= 0.6 is 11.6 Å². The highest BCUT2D eigenvalue weighted by Gasteiger charge is 2.35. The van der Waals surface area contributed by atoms with Gasteiger partial charge in [-0.15, -0.1) is 0 Å². The highest BCUT2D eigenvalue weighted by Crippen LogP contribution is 2.36. The molecular weight excluding hydrogens is 295 g/mol. The van der Waals surface area contributed by atoms with Crippen LogP contribution in [0, 0.1) is 5.41 Å². The highest BCUT2D eigenvalue weighted by atomic mass is 35.5. The Labute approximate surface area is 120 Å². The van der Waals surface area contributed by atoms with Crippen molar-refractivity contribution in [3.63, 3.8) is 0 Å². The van der Waals surface area contributed by atoms with Crippen molar-refractivity contribution in [1.82, 2.24) is 0 Å². The van der Waals surface area contributed by atoms with E-state index >= 15 is 0 Å². The summed E-state index contributed by atoms with van der Waals surface area (Å²) in [6.07, 6.45) is -4.53. The van der Waals surface area contributed by atoms with E-state index in [4.69, 9.17) is 11.6 Å². The van der Waals surface area contributed by atoms with Crippen molar-refractivity contribution in [2.45, 2.75) is 20.0 Å². The summed E-state index contributed by atoms with van der Waals surface area (Å²) >= 11 is 5.58. The van der Waals surface area contributed by atoms with Gasteiger partial charge in [-0.2, -0.15) is 13.2 Å². The molecule has 0 aliphatic carbocycles. The number of esters is 1. The van der Waals surface area contributed by atoms with Crippen LogP contribution in [0.25, 0.3) is 0 Å². The van der Waals surface area contributed by atoms with Gasteiger partial charge < -0.3 is 10.1 Å². The van der Waals surface area contributed by atoms with E-state index in [2.05, 4.69) is 10.1 Å². The average Bonchev–Trinajstić information content (AvgIpc) is 2.35. The van der Waals surface area contributed by atoms with Gasteiger partial charge in [0.2, 0.25) is 0 Å². The Morgan fingerprint density at radius 2 is 1.95 bits per heavy atom. The number of nitrogens with one attached hydrogen (secondary N) is 1. The number of hydrogen-bond acceptors (Lipinski definition) is 3. The first-order chi connectivity index (χ1) is 9.08. The molecule has 20 heavy (non-hydrogen) atoms. The summed E-state index contributed by atoms with van der Waals surface area (Å²) in [4.78, 5) is 11.5. The third kappa shape index (κ3) is 4.03. The minimum atomic E-state index is -4.53. The van der Waals surface area contributed by atoms with Crippen molar-refractivity contribution in [3.05, 3.63) is 28.8 Å². The maximum Gasteiger partial charge on any atom is 0.418 e. The smallest absolute Gasteiger partial charge is 0.418 e. The van der Waals surface area contributed by atoms with Crippen LogP contribution in [0.5, 0.6) is 0 Å². The van der Waals surface area contributed by atoms with Crippen LogP contribution in [0.4, 0.5) is 18.9 Å². The fourth-order valence-electron chi connectivity index (χ4n) is 1.57. The summed E-state index contributed by atoms with van der Waals surface area (Å²) in [5.74, 6) is -0.507. The van der Waals surface area contributed by atoms with Gasteiger partial charge in [-0.3, -0.25) is 4.79 Å². The van der Waals surface area contributed by atoms with E-state index in [-0.39, 0.29) is 17.3 Å². The molecule has 0 bridgehead atoms. The molecule has 0 radical (unpaired) electrons. The standard InChI is InChI=1S/C13H15ClF3NO2/c1-12(2,11(19)20-3)7-18-10-5-4-8(14)6-9(10)13(15,16)17/h4-6,18H,7H2,1-3H3. The number of carbonyl (C=O) groups is 1. The zero-order chi connectivity index (χ0) is 15.6. The number of methoxy groups -OCH3 is 1. The highest BCUT2D eigenvalue weighted by molar-refractivity contribution is 6.30. The molecule has 0 saturated heterocycles. The number of benzene rings is 1. The van der Waals surface area contributed by atoms with Crippen molar-refractivity contribution in [2.75, 3.05) is 19.0 Å². The Morgan fingerprint density at radius 3 is 2.45 bits per heavy atom. The Bertz CT molecular complexity index is 501. The largest absolute Gasteiger partial charge is 0.469 e. The number of ether oxygens (including phenoxy) is 1. The van der Waals surface area contributed by atoms with E-state index in [1.165, 1.54) is 19.2 Å². The molecule has 0 amide bonds. The van der Waals surface area contributed by atoms with Gasteiger partial charge in [-0.25, -0.2) is 0 Å². The number of carbonyl (C=O) groups excluding carboxylic acids is 1. The second-order valence-electron chi connectivity index (χ2n) is 4.92. The minimum absolute atomic E-state index is 0.00435. The molecule has 1 aromatic rings. The molecule has 0 aromatic heterocycles. The van der Waals surface area contributed by atoms with Crippen molar-refractivity contribution in [3.8, 4) is 0 Å². The van der Waals surface area contributed by atoms with Crippen LogP contribution < -0.4 is 5.32 Å². The fraction of sp³-hybridized carbons (Fsp3) is 0.462. The number of alkyl halides is 3. The predicted molar refractivity (Wildman–Crippen MR) is 70.7 cm³/mol. The number of halogens is 4. The lowest BCUT2D eigenvalue weighted by Gasteiger charge is -2.23. The van der Waals surface area contributed by atoms with E-state index < -0.39 is 23.1 Å². The van der Waals surface area contributed by atoms with Crippen LogP contribution in [-0.2, 0) is 15.7 Å². The third-order valence-corrected chi connectivity index (χ3v) is 2.98. The summed E-state index contributed by atoms with van der Waals surface area (Å²) < 4.78 is 43.2. The van der Waals surface area contributed by atoms with E-state index in [0.29, 0.717) is 0 Å². The second-order valence-corrected chi connectivity index (χ2v) is 5.35. The first-order valence-electron chi connectivity index (χ1n) is 5.77. The summed E-state index contributed by atoms with van der Waals surface area (Å²) in [5.41, 5.74) is -1.94. The van der Waals surface area contributed by atoms with E-state index in [1.54, 1.807) is 13.8 Å². The summed E-state index contributed by atoms with van der Waals surface area (Å²) in [5, 5.41) is 2.62. The maximum absolute atomic E-state index is 12.9. The molecule has 0 saturated carbocycles.